The number of halogens is 4. The van der Waals surface area contributed by atoms with E-state index in [0.29, 0.717) is 29.1 Å². The Balaban J connectivity index is 1.39. The van der Waals surface area contributed by atoms with Crippen LogP contribution in [-0.2, 0) is 17.0 Å². The molecule has 4 bridgehead atoms. The van der Waals surface area contributed by atoms with Crippen molar-refractivity contribution in [1.82, 2.24) is 14.2 Å². The number of aromatic nitrogens is 1. The topological polar surface area (TPSA) is 53.3 Å². The van der Waals surface area contributed by atoms with E-state index in [2.05, 4.69) is 4.98 Å². The van der Waals surface area contributed by atoms with Crippen LogP contribution in [-0.4, -0.2) is 43.4 Å². The Kier molecular flexibility index (Phi) is 5.05. The van der Waals surface area contributed by atoms with Crippen molar-refractivity contribution >= 4 is 16.8 Å². The summed E-state index contributed by atoms with van der Waals surface area (Å²) in [6, 6.07) is 3.81. The zero-order chi connectivity index (χ0) is 24.5. The second-order valence-corrected chi connectivity index (χ2v) is 10.8. The molecule has 2 aliphatic heterocycles. The number of Topliss-reactive ketones (excluding diaryl/α,β-unsaturated/α-hetero) is 1. The highest BCUT2D eigenvalue weighted by atomic mass is 32.2. The van der Waals surface area contributed by atoms with Gasteiger partial charge in [-0.1, -0.05) is 5.57 Å². The molecule has 1 spiro atoms. The number of carbonyl (C=O) groups excluding carboxylic acids is 1. The van der Waals surface area contributed by atoms with Crippen LogP contribution in [0.5, 0.6) is 0 Å². The number of fused-ring (bicyclic) bond motifs is 3. The highest BCUT2D eigenvalue weighted by Gasteiger charge is 2.61. The molecule has 2 aromatic rings. The van der Waals surface area contributed by atoms with E-state index < -0.39 is 41.0 Å². The summed E-state index contributed by atoms with van der Waals surface area (Å²) in [5.41, 5.74) is 0.189. The molecule has 5 nitrogen and oxygen atoms in total. The number of allylic oxidation sites excluding steroid dienone is 3. The zero-order valence-corrected chi connectivity index (χ0v) is 19.3. The van der Waals surface area contributed by atoms with Gasteiger partial charge < -0.3 is 0 Å². The van der Waals surface area contributed by atoms with Crippen molar-refractivity contribution in [3.63, 3.8) is 0 Å². The van der Waals surface area contributed by atoms with E-state index in [4.69, 9.17) is 0 Å². The SMILES string of the molecule is O=C1c2cc(ccn2)C(F)(F)N2C3=C2CC12CC(N(CCF)S(=O)c1ccc(F)cc1)CCC2=C3. The summed E-state index contributed by atoms with van der Waals surface area (Å²) in [4.78, 5) is 19.3. The van der Waals surface area contributed by atoms with E-state index in [-0.39, 0.29) is 36.4 Å². The minimum atomic E-state index is -3.29. The lowest BCUT2D eigenvalue weighted by Gasteiger charge is -2.45. The van der Waals surface area contributed by atoms with E-state index in [1.165, 1.54) is 40.8 Å². The van der Waals surface area contributed by atoms with Gasteiger partial charge in [0.15, 0.2) is 5.78 Å². The van der Waals surface area contributed by atoms with Crippen LogP contribution in [0.25, 0.3) is 0 Å². The van der Waals surface area contributed by atoms with Gasteiger partial charge in [0.25, 0.3) is 0 Å². The third-order valence-electron chi connectivity index (χ3n) is 7.48. The summed E-state index contributed by atoms with van der Waals surface area (Å²) in [5, 5.41) is 0. The number of rotatable bonds is 5. The molecule has 1 aromatic heterocycles. The smallest absolute Gasteiger partial charge is 0.291 e. The van der Waals surface area contributed by atoms with Crippen LogP contribution in [0, 0.1) is 11.2 Å². The number of pyridine rings is 1. The molecule has 3 atom stereocenters. The van der Waals surface area contributed by atoms with E-state index in [0.717, 1.165) is 16.5 Å². The second kappa shape index (κ2) is 7.83. The van der Waals surface area contributed by atoms with Crippen LogP contribution < -0.4 is 0 Å². The van der Waals surface area contributed by atoms with Gasteiger partial charge in [-0.3, -0.25) is 14.7 Å². The molecule has 10 heteroatoms. The van der Waals surface area contributed by atoms with Crippen LogP contribution in [0.4, 0.5) is 17.6 Å². The molecule has 3 heterocycles. The summed E-state index contributed by atoms with van der Waals surface area (Å²) in [6.07, 6.45) is 4.14. The van der Waals surface area contributed by atoms with Gasteiger partial charge in [-0.15, -0.1) is 0 Å². The fourth-order valence-electron chi connectivity index (χ4n) is 5.75. The Labute approximate surface area is 201 Å². The molecule has 1 fully saturated rings. The van der Waals surface area contributed by atoms with Crippen molar-refractivity contribution in [2.45, 2.75) is 42.7 Å². The number of benzene rings is 1. The maximum absolute atomic E-state index is 15.3. The molecule has 1 aromatic carbocycles. The van der Waals surface area contributed by atoms with Crippen LogP contribution in [0.1, 0.15) is 41.7 Å². The van der Waals surface area contributed by atoms with Crippen LogP contribution in [0.3, 0.4) is 0 Å². The van der Waals surface area contributed by atoms with Crippen molar-refractivity contribution in [1.29, 1.82) is 0 Å². The predicted molar refractivity (Wildman–Crippen MR) is 120 cm³/mol. The first kappa shape index (κ1) is 22.6. The lowest BCUT2D eigenvalue weighted by Crippen LogP contribution is -2.48. The monoisotopic (exact) mass is 503 g/mol. The quantitative estimate of drug-likeness (QED) is 0.432. The summed E-state index contributed by atoms with van der Waals surface area (Å²) in [7, 11) is -1.78. The number of nitrogens with zero attached hydrogens (tertiary/aromatic N) is 3. The van der Waals surface area contributed by atoms with E-state index >= 15 is 8.78 Å². The van der Waals surface area contributed by atoms with Crippen molar-refractivity contribution in [2.24, 2.45) is 5.41 Å². The molecular formula is C25H21F4N3O2S. The molecule has 0 radical (unpaired) electrons. The Morgan fingerprint density at radius 2 is 1.97 bits per heavy atom. The number of carbonyl (C=O) groups is 1. The van der Waals surface area contributed by atoms with Gasteiger partial charge in [0.05, 0.1) is 16.0 Å². The first-order valence-electron chi connectivity index (χ1n) is 11.4. The molecule has 2 aliphatic carbocycles. The Morgan fingerprint density at radius 1 is 1.20 bits per heavy atom. The first-order chi connectivity index (χ1) is 16.8. The number of alkyl halides is 3. The predicted octanol–water partition coefficient (Wildman–Crippen LogP) is 4.86. The Bertz CT molecular complexity index is 1330. The standard InChI is InChI=1S/C25H21F4N3O2S/c26-8-10-31(35(34)19-5-2-17(27)3-6-19)18-4-1-15-12-21-22-14-24(15,13-18)23(33)20-11-16(7-9-30-20)25(28,29)32(21)22/h2-3,5-7,9,11-12,18H,1,4,8,10,13-14H2. The molecule has 182 valence electrons. The number of hydrogen-bond acceptors (Lipinski definition) is 4. The first-order valence-corrected chi connectivity index (χ1v) is 12.5. The molecule has 0 amide bonds. The van der Waals surface area contributed by atoms with Crippen LogP contribution >= 0.6 is 0 Å². The maximum Gasteiger partial charge on any atom is 0.356 e. The lowest BCUT2D eigenvalue weighted by atomic mass is 9.62. The van der Waals surface area contributed by atoms with Crippen molar-refractivity contribution in [3.8, 4) is 0 Å². The number of hydrogen-bond donors (Lipinski definition) is 0. The van der Waals surface area contributed by atoms with Crippen molar-refractivity contribution < 1.29 is 26.6 Å². The average Bonchev–Trinajstić information content (AvgIpc) is 3.57. The fraction of sp³-hybridized carbons (Fsp3) is 0.360. The zero-order valence-electron chi connectivity index (χ0n) is 18.5. The molecular weight excluding hydrogens is 482 g/mol. The molecule has 0 N–H and O–H groups in total. The van der Waals surface area contributed by atoms with Crippen molar-refractivity contribution in [3.05, 3.63) is 82.7 Å². The summed E-state index contributed by atoms with van der Waals surface area (Å²) < 4.78 is 72.4. The summed E-state index contributed by atoms with van der Waals surface area (Å²) >= 11 is 0. The summed E-state index contributed by atoms with van der Waals surface area (Å²) in [6.45, 7) is -0.893. The Morgan fingerprint density at radius 3 is 2.71 bits per heavy atom. The average molecular weight is 504 g/mol. The third-order valence-corrected chi connectivity index (χ3v) is 9.06. The molecule has 0 saturated heterocycles. The normalized spacial score (nSPS) is 27.0. The van der Waals surface area contributed by atoms with Gasteiger partial charge in [-0.05, 0) is 61.7 Å². The highest BCUT2D eigenvalue weighted by molar-refractivity contribution is 7.82. The largest absolute Gasteiger partial charge is 0.356 e. The van der Waals surface area contributed by atoms with Gasteiger partial charge in [0, 0.05) is 36.5 Å². The van der Waals surface area contributed by atoms with Crippen LogP contribution in [0.2, 0.25) is 0 Å². The van der Waals surface area contributed by atoms with E-state index in [1.54, 1.807) is 6.08 Å². The molecule has 1 saturated carbocycles. The lowest BCUT2D eigenvalue weighted by molar-refractivity contribution is -0.0957. The highest BCUT2D eigenvalue weighted by Crippen LogP contribution is 2.61. The number of ketones is 1. The van der Waals surface area contributed by atoms with Gasteiger partial charge in [0.2, 0.25) is 0 Å². The molecule has 3 unspecified atom stereocenters. The minimum Gasteiger partial charge on any atom is -0.291 e. The van der Waals surface area contributed by atoms with Crippen molar-refractivity contribution in [2.75, 3.05) is 13.2 Å². The minimum absolute atomic E-state index is 0.0306. The van der Waals surface area contributed by atoms with Gasteiger partial charge in [0.1, 0.15) is 29.2 Å². The van der Waals surface area contributed by atoms with E-state index in [1.807, 2.05) is 0 Å². The molecule has 6 rings (SSSR count). The Hall–Kier alpha value is -2.85. The third kappa shape index (κ3) is 3.33. The fourth-order valence-corrected chi connectivity index (χ4v) is 7.07. The second-order valence-electron chi connectivity index (χ2n) is 9.33. The van der Waals surface area contributed by atoms with Gasteiger partial charge >= 0.3 is 6.05 Å². The van der Waals surface area contributed by atoms with Crippen LogP contribution in [0.15, 0.2) is 70.5 Å². The van der Waals surface area contributed by atoms with Gasteiger partial charge in [-0.2, -0.15) is 8.78 Å². The molecule has 35 heavy (non-hydrogen) atoms. The summed E-state index contributed by atoms with van der Waals surface area (Å²) in [5.74, 6) is -0.823. The van der Waals surface area contributed by atoms with Gasteiger partial charge in [-0.25, -0.2) is 17.3 Å². The maximum atomic E-state index is 15.3. The van der Waals surface area contributed by atoms with E-state index in [9.17, 15) is 17.8 Å². The molecule has 4 aliphatic rings.